The van der Waals surface area contributed by atoms with Crippen molar-refractivity contribution in [1.82, 2.24) is 20.9 Å². The number of rotatable bonds is 5. The van der Waals surface area contributed by atoms with Crippen LogP contribution in [0.4, 0.5) is 0 Å². The number of amides is 4. The fraction of sp³-hybridized carbons (Fsp3) is 0.407. The Morgan fingerprint density at radius 3 is 2.06 bits per heavy atom. The molecular formula is C27H32N4O5. The van der Waals surface area contributed by atoms with Gasteiger partial charge in [0.15, 0.2) is 0 Å². The molecule has 9 nitrogen and oxygen atoms in total. The molecule has 4 amide bonds. The molecule has 2 fully saturated rings. The number of nitrogens with zero attached hydrogens (tertiary/aromatic N) is 1. The van der Waals surface area contributed by atoms with Gasteiger partial charge in [-0.2, -0.15) is 0 Å². The molecule has 2 aliphatic heterocycles. The van der Waals surface area contributed by atoms with Gasteiger partial charge in [0.2, 0.25) is 23.6 Å². The Morgan fingerprint density at radius 2 is 1.42 bits per heavy atom. The minimum Gasteiger partial charge on any atom is -0.394 e. The van der Waals surface area contributed by atoms with Crippen molar-refractivity contribution in [2.75, 3.05) is 13.2 Å². The summed E-state index contributed by atoms with van der Waals surface area (Å²) in [6.45, 7) is -0.218. The van der Waals surface area contributed by atoms with Crippen molar-refractivity contribution >= 4 is 23.6 Å². The molecule has 2 aromatic rings. The quantitative estimate of drug-likeness (QED) is 0.478. The van der Waals surface area contributed by atoms with Gasteiger partial charge in [0.1, 0.15) is 18.1 Å². The van der Waals surface area contributed by atoms with Crippen LogP contribution in [0.1, 0.15) is 30.4 Å². The standard InChI is InChI=1S/C27H32N4O5/c32-17-22-25(34)28-20(14-18-8-3-1-4-9-18)16-24(33)29-21(15-19-10-5-2-6-11-19)27(36)31-13-7-12-23(31)26(35)30-22/h1-6,8-11,20-23,32H,7,12-17H2,(H,28,34)(H,29,33)(H,30,35)/t20-,21-,22-,23-/m0/s1. The lowest BCUT2D eigenvalue weighted by molar-refractivity contribution is -0.142. The van der Waals surface area contributed by atoms with E-state index >= 15 is 0 Å². The summed E-state index contributed by atoms with van der Waals surface area (Å²) in [6, 6.07) is 15.4. The number of nitrogens with one attached hydrogen (secondary N) is 3. The normalized spacial score (nSPS) is 25.5. The first kappa shape index (κ1) is 25.4. The molecule has 190 valence electrons. The van der Waals surface area contributed by atoms with Crippen LogP contribution in [-0.2, 0) is 32.0 Å². The molecule has 0 radical (unpaired) electrons. The van der Waals surface area contributed by atoms with Gasteiger partial charge < -0.3 is 26.0 Å². The highest BCUT2D eigenvalue weighted by molar-refractivity contribution is 5.95. The van der Waals surface area contributed by atoms with Gasteiger partial charge in [-0.15, -0.1) is 0 Å². The molecule has 0 saturated carbocycles. The Hall–Kier alpha value is -3.72. The lowest BCUT2D eigenvalue weighted by atomic mass is 10.0. The first-order valence-corrected chi connectivity index (χ1v) is 12.3. The van der Waals surface area contributed by atoms with Crippen LogP contribution in [0.25, 0.3) is 0 Å². The van der Waals surface area contributed by atoms with Crippen LogP contribution in [0.2, 0.25) is 0 Å². The summed E-state index contributed by atoms with van der Waals surface area (Å²) in [4.78, 5) is 54.3. The molecule has 2 aromatic carbocycles. The molecule has 2 aliphatic rings. The largest absolute Gasteiger partial charge is 0.394 e. The number of hydrogen-bond acceptors (Lipinski definition) is 5. The van der Waals surface area contributed by atoms with Gasteiger partial charge >= 0.3 is 0 Å². The zero-order valence-electron chi connectivity index (χ0n) is 20.1. The highest BCUT2D eigenvalue weighted by atomic mass is 16.3. The first-order chi connectivity index (χ1) is 17.4. The second-order valence-corrected chi connectivity index (χ2v) is 9.34. The summed E-state index contributed by atoms with van der Waals surface area (Å²) in [5, 5.41) is 18.1. The van der Waals surface area contributed by atoms with E-state index in [4.69, 9.17) is 0 Å². The van der Waals surface area contributed by atoms with Crippen molar-refractivity contribution in [3.8, 4) is 0 Å². The lowest BCUT2D eigenvalue weighted by Crippen LogP contribution is -2.57. The molecule has 4 N–H and O–H groups in total. The highest BCUT2D eigenvalue weighted by Crippen LogP contribution is 2.20. The van der Waals surface area contributed by atoms with Crippen LogP contribution in [0.5, 0.6) is 0 Å². The molecule has 2 heterocycles. The van der Waals surface area contributed by atoms with Crippen LogP contribution >= 0.6 is 0 Å². The number of hydrogen-bond donors (Lipinski definition) is 4. The number of benzene rings is 2. The third kappa shape index (κ3) is 6.28. The van der Waals surface area contributed by atoms with Crippen molar-refractivity contribution in [2.45, 2.75) is 56.3 Å². The van der Waals surface area contributed by atoms with E-state index in [-0.39, 0.29) is 24.7 Å². The predicted octanol–water partition coefficient (Wildman–Crippen LogP) is 0.313. The SMILES string of the molecule is O=C1C[C@H](Cc2ccccc2)NC(=O)[C@H](CO)NC(=O)[C@@H]2CCCN2C(=O)[C@H](Cc2ccccc2)N1. The second-order valence-electron chi connectivity index (χ2n) is 9.34. The van der Waals surface area contributed by atoms with Crippen LogP contribution in [0.3, 0.4) is 0 Å². The molecule has 9 heteroatoms. The average Bonchev–Trinajstić information content (AvgIpc) is 3.37. The Bertz CT molecular complexity index is 1080. The number of aliphatic hydroxyl groups excluding tert-OH is 1. The summed E-state index contributed by atoms with van der Waals surface area (Å²) >= 11 is 0. The number of carbonyl (C=O) groups is 4. The molecule has 2 saturated heterocycles. The van der Waals surface area contributed by atoms with Crippen molar-refractivity contribution in [2.24, 2.45) is 0 Å². The molecule has 36 heavy (non-hydrogen) atoms. The smallest absolute Gasteiger partial charge is 0.246 e. The molecule has 0 unspecified atom stereocenters. The van der Waals surface area contributed by atoms with Crippen molar-refractivity contribution in [3.63, 3.8) is 0 Å². The molecule has 0 bridgehead atoms. The van der Waals surface area contributed by atoms with Crippen LogP contribution < -0.4 is 16.0 Å². The summed E-state index contributed by atoms with van der Waals surface area (Å²) < 4.78 is 0. The maximum atomic E-state index is 13.6. The zero-order chi connectivity index (χ0) is 25.5. The average molecular weight is 493 g/mol. The topological polar surface area (TPSA) is 128 Å². The number of fused-ring (bicyclic) bond motifs is 1. The third-order valence-corrected chi connectivity index (χ3v) is 6.67. The molecule has 0 aromatic heterocycles. The molecule has 4 rings (SSSR count). The fourth-order valence-electron chi connectivity index (χ4n) is 4.87. The summed E-state index contributed by atoms with van der Waals surface area (Å²) in [7, 11) is 0. The maximum absolute atomic E-state index is 13.6. The van der Waals surface area contributed by atoms with Gasteiger partial charge in [0.05, 0.1) is 6.61 Å². The van der Waals surface area contributed by atoms with Gasteiger partial charge in [-0.1, -0.05) is 60.7 Å². The van der Waals surface area contributed by atoms with Crippen molar-refractivity contribution < 1.29 is 24.3 Å². The number of aliphatic hydroxyl groups is 1. The van der Waals surface area contributed by atoms with E-state index in [2.05, 4.69) is 16.0 Å². The zero-order valence-corrected chi connectivity index (χ0v) is 20.1. The summed E-state index contributed by atoms with van der Waals surface area (Å²) in [5.74, 6) is -1.77. The minimum absolute atomic E-state index is 0.0608. The Balaban J connectivity index is 1.64. The van der Waals surface area contributed by atoms with Crippen LogP contribution in [0, 0.1) is 0 Å². The first-order valence-electron chi connectivity index (χ1n) is 12.3. The third-order valence-electron chi connectivity index (χ3n) is 6.67. The van der Waals surface area contributed by atoms with Gasteiger partial charge in [0.25, 0.3) is 0 Å². The fourth-order valence-corrected chi connectivity index (χ4v) is 4.87. The van der Waals surface area contributed by atoms with Gasteiger partial charge in [-0.25, -0.2) is 0 Å². The molecule has 0 spiro atoms. The van der Waals surface area contributed by atoms with E-state index in [0.29, 0.717) is 25.8 Å². The Kier molecular flexibility index (Phi) is 8.32. The molecule has 0 aliphatic carbocycles. The van der Waals surface area contributed by atoms with E-state index < -0.39 is 42.6 Å². The van der Waals surface area contributed by atoms with Gasteiger partial charge in [0, 0.05) is 25.4 Å². The summed E-state index contributed by atoms with van der Waals surface area (Å²) in [6.07, 6.45) is 1.67. The van der Waals surface area contributed by atoms with Crippen molar-refractivity contribution in [3.05, 3.63) is 71.8 Å². The molecular weight excluding hydrogens is 460 g/mol. The monoisotopic (exact) mass is 492 g/mol. The minimum atomic E-state index is -1.18. The van der Waals surface area contributed by atoms with E-state index in [1.54, 1.807) is 0 Å². The van der Waals surface area contributed by atoms with Gasteiger partial charge in [-0.3, -0.25) is 19.2 Å². The highest BCUT2D eigenvalue weighted by Gasteiger charge is 2.39. The van der Waals surface area contributed by atoms with E-state index in [9.17, 15) is 24.3 Å². The van der Waals surface area contributed by atoms with E-state index in [0.717, 1.165) is 11.1 Å². The lowest BCUT2D eigenvalue weighted by Gasteiger charge is -2.29. The van der Waals surface area contributed by atoms with Crippen LogP contribution in [0.15, 0.2) is 60.7 Å². The van der Waals surface area contributed by atoms with Gasteiger partial charge in [-0.05, 0) is 30.4 Å². The summed E-state index contributed by atoms with van der Waals surface area (Å²) in [5.41, 5.74) is 1.80. The van der Waals surface area contributed by atoms with E-state index in [1.807, 2.05) is 60.7 Å². The maximum Gasteiger partial charge on any atom is 0.246 e. The predicted molar refractivity (Wildman–Crippen MR) is 133 cm³/mol. The van der Waals surface area contributed by atoms with Crippen molar-refractivity contribution in [1.29, 1.82) is 0 Å². The van der Waals surface area contributed by atoms with Crippen LogP contribution in [-0.4, -0.2) is 71.0 Å². The Labute approximate surface area is 210 Å². The Morgan fingerprint density at radius 1 is 0.778 bits per heavy atom. The molecule has 4 atom stereocenters. The number of carbonyl (C=O) groups excluding carboxylic acids is 4. The van der Waals surface area contributed by atoms with E-state index in [1.165, 1.54) is 4.90 Å². The second kappa shape index (κ2) is 11.8.